The fourth-order valence-corrected chi connectivity index (χ4v) is 3.07. The van der Waals surface area contributed by atoms with Crippen molar-refractivity contribution in [1.82, 2.24) is 4.90 Å². The van der Waals surface area contributed by atoms with E-state index in [1.807, 2.05) is 4.90 Å². The number of benzene rings is 1. The number of carboxylic acid groups (broad SMARTS) is 1. The van der Waals surface area contributed by atoms with Crippen LogP contribution < -0.4 is 0 Å². The van der Waals surface area contributed by atoms with Gasteiger partial charge >= 0.3 is 5.97 Å². The van der Waals surface area contributed by atoms with Gasteiger partial charge in [0.1, 0.15) is 0 Å². The van der Waals surface area contributed by atoms with Gasteiger partial charge in [-0.05, 0) is 43.4 Å². The summed E-state index contributed by atoms with van der Waals surface area (Å²) in [6.07, 6.45) is 5.06. The number of hydrogen-bond acceptors (Lipinski definition) is 2. The first-order valence-electron chi connectivity index (χ1n) is 6.73. The lowest BCUT2D eigenvalue weighted by Gasteiger charge is -2.58. The highest BCUT2D eigenvalue weighted by atomic mass is 16.4. The number of hydrogen-bond donors (Lipinski definition) is 1. The second-order valence-corrected chi connectivity index (χ2v) is 5.55. The Morgan fingerprint density at radius 3 is 2.26 bits per heavy atom. The number of nitrogens with zero attached hydrogens (tertiary/aromatic N) is 1. The van der Waals surface area contributed by atoms with E-state index >= 15 is 0 Å². The first kappa shape index (κ1) is 12.2. The third-order valence-corrected chi connectivity index (χ3v) is 4.51. The van der Waals surface area contributed by atoms with Crippen LogP contribution in [0.5, 0.6) is 0 Å². The summed E-state index contributed by atoms with van der Waals surface area (Å²) in [5.41, 5.74) is 1.34. The fraction of sp³-hybridized carbons (Fsp3) is 0.467. The van der Waals surface area contributed by atoms with Crippen LogP contribution in [-0.4, -0.2) is 34.0 Å². The molecule has 100 valence electrons. The fourth-order valence-electron chi connectivity index (χ4n) is 3.07. The van der Waals surface area contributed by atoms with Gasteiger partial charge in [0.25, 0.3) is 0 Å². The summed E-state index contributed by atoms with van der Waals surface area (Å²) in [6, 6.07) is 6.57. The zero-order valence-electron chi connectivity index (χ0n) is 10.8. The van der Waals surface area contributed by atoms with Crippen LogP contribution >= 0.6 is 0 Å². The Bertz CT molecular complexity index is 511. The number of amides is 1. The molecule has 2 aliphatic rings. The van der Waals surface area contributed by atoms with Crippen molar-refractivity contribution in [2.24, 2.45) is 0 Å². The van der Waals surface area contributed by atoms with Crippen LogP contribution in [0.1, 0.15) is 41.6 Å². The van der Waals surface area contributed by atoms with Crippen molar-refractivity contribution in [3.63, 3.8) is 0 Å². The molecule has 1 aliphatic heterocycles. The predicted octanol–water partition coefficient (Wildman–Crippen LogP) is 2.08. The Hall–Kier alpha value is -1.84. The van der Waals surface area contributed by atoms with Crippen molar-refractivity contribution >= 4 is 11.9 Å². The molecule has 0 aromatic heterocycles. The third kappa shape index (κ3) is 2.01. The monoisotopic (exact) mass is 259 g/mol. The van der Waals surface area contributed by atoms with Crippen molar-refractivity contribution in [2.45, 2.75) is 37.6 Å². The van der Waals surface area contributed by atoms with Crippen LogP contribution in [0.3, 0.4) is 0 Å². The van der Waals surface area contributed by atoms with Crippen molar-refractivity contribution in [3.05, 3.63) is 35.4 Å². The minimum atomic E-state index is -0.936. The smallest absolute Gasteiger partial charge is 0.335 e. The average molecular weight is 259 g/mol. The van der Waals surface area contributed by atoms with Gasteiger partial charge in [-0.15, -0.1) is 0 Å². The molecular formula is C15H17NO3. The van der Waals surface area contributed by atoms with E-state index in [-0.39, 0.29) is 17.0 Å². The van der Waals surface area contributed by atoms with Crippen LogP contribution in [0.15, 0.2) is 24.3 Å². The van der Waals surface area contributed by atoms with Gasteiger partial charge in [0.2, 0.25) is 5.91 Å². The highest BCUT2D eigenvalue weighted by Crippen LogP contribution is 2.47. The lowest BCUT2D eigenvalue weighted by atomic mass is 9.67. The summed E-state index contributed by atoms with van der Waals surface area (Å²) >= 11 is 0. The summed E-state index contributed by atoms with van der Waals surface area (Å²) in [7, 11) is 0. The molecule has 3 rings (SSSR count). The number of rotatable bonds is 3. The number of aromatic carboxylic acids is 1. The maximum absolute atomic E-state index is 12.2. The van der Waals surface area contributed by atoms with Crippen LogP contribution in [0, 0.1) is 0 Å². The van der Waals surface area contributed by atoms with Crippen LogP contribution in [0.25, 0.3) is 0 Å². The van der Waals surface area contributed by atoms with E-state index in [1.165, 1.54) is 6.42 Å². The SMILES string of the molecule is O=C(O)c1ccc(CC(=O)N2CCC23CCC3)cc1. The van der Waals surface area contributed by atoms with Crippen molar-refractivity contribution < 1.29 is 14.7 Å². The molecule has 1 aromatic carbocycles. The van der Waals surface area contributed by atoms with Gasteiger partial charge in [-0.25, -0.2) is 4.79 Å². The first-order chi connectivity index (χ1) is 9.11. The summed E-state index contributed by atoms with van der Waals surface area (Å²) in [5.74, 6) is -0.761. The lowest BCUT2D eigenvalue weighted by Crippen LogP contribution is -2.65. The molecule has 1 aromatic rings. The standard InChI is InChI=1S/C15H17NO3/c17-13(16-9-8-15(16)6-1-7-15)10-11-2-4-12(5-3-11)14(18)19/h2-5H,1,6-10H2,(H,18,19). The van der Waals surface area contributed by atoms with E-state index in [4.69, 9.17) is 5.11 Å². The van der Waals surface area contributed by atoms with E-state index in [0.717, 1.165) is 31.4 Å². The van der Waals surface area contributed by atoms with Crippen LogP contribution in [-0.2, 0) is 11.2 Å². The van der Waals surface area contributed by atoms with Gasteiger partial charge < -0.3 is 10.0 Å². The summed E-state index contributed by atoms with van der Waals surface area (Å²) in [5, 5.41) is 8.83. The molecular weight excluding hydrogens is 242 g/mol. The first-order valence-corrected chi connectivity index (χ1v) is 6.73. The molecule has 19 heavy (non-hydrogen) atoms. The van der Waals surface area contributed by atoms with E-state index in [2.05, 4.69) is 0 Å². The number of carboxylic acids is 1. The summed E-state index contributed by atoms with van der Waals surface area (Å²) in [6.45, 7) is 0.881. The van der Waals surface area contributed by atoms with Crippen LogP contribution in [0.2, 0.25) is 0 Å². The minimum absolute atomic E-state index is 0.175. The maximum atomic E-state index is 12.2. The van der Waals surface area contributed by atoms with E-state index in [0.29, 0.717) is 6.42 Å². The Balaban J connectivity index is 1.65. The van der Waals surface area contributed by atoms with Crippen molar-refractivity contribution in [2.75, 3.05) is 6.54 Å². The second kappa shape index (κ2) is 4.37. The molecule has 1 heterocycles. The molecule has 1 saturated carbocycles. The topological polar surface area (TPSA) is 57.6 Å². The number of carbonyl (C=O) groups excluding carboxylic acids is 1. The van der Waals surface area contributed by atoms with Gasteiger partial charge in [0.15, 0.2) is 0 Å². The predicted molar refractivity (Wildman–Crippen MR) is 70.0 cm³/mol. The molecule has 1 aliphatic carbocycles. The zero-order valence-corrected chi connectivity index (χ0v) is 10.8. The Labute approximate surface area is 112 Å². The average Bonchev–Trinajstić information content (AvgIpc) is 2.26. The van der Waals surface area contributed by atoms with E-state index in [1.54, 1.807) is 24.3 Å². The molecule has 1 amide bonds. The van der Waals surface area contributed by atoms with Gasteiger partial charge in [0.05, 0.1) is 12.0 Å². The molecule has 0 unspecified atom stereocenters. The minimum Gasteiger partial charge on any atom is -0.478 e. The Morgan fingerprint density at radius 2 is 1.84 bits per heavy atom. The molecule has 0 atom stereocenters. The molecule has 0 bridgehead atoms. The largest absolute Gasteiger partial charge is 0.478 e. The molecule has 2 fully saturated rings. The highest BCUT2D eigenvalue weighted by molar-refractivity contribution is 5.88. The van der Waals surface area contributed by atoms with Gasteiger partial charge in [-0.3, -0.25) is 4.79 Å². The second-order valence-electron chi connectivity index (χ2n) is 5.55. The van der Waals surface area contributed by atoms with Crippen LogP contribution in [0.4, 0.5) is 0 Å². The normalized spacial score (nSPS) is 19.7. The van der Waals surface area contributed by atoms with Gasteiger partial charge in [-0.1, -0.05) is 12.1 Å². The highest BCUT2D eigenvalue weighted by Gasteiger charge is 2.50. The van der Waals surface area contributed by atoms with Gasteiger partial charge in [0, 0.05) is 12.1 Å². The quantitative estimate of drug-likeness (QED) is 0.904. The number of likely N-dealkylation sites (tertiary alicyclic amines) is 1. The Morgan fingerprint density at radius 1 is 1.16 bits per heavy atom. The summed E-state index contributed by atoms with van der Waals surface area (Å²) < 4.78 is 0. The zero-order chi connectivity index (χ0) is 13.5. The van der Waals surface area contributed by atoms with Crippen molar-refractivity contribution in [3.8, 4) is 0 Å². The molecule has 4 heteroatoms. The molecule has 1 spiro atoms. The van der Waals surface area contributed by atoms with E-state index < -0.39 is 5.97 Å². The third-order valence-electron chi connectivity index (χ3n) is 4.51. The molecule has 1 saturated heterocycles. The van der Waals surface area contributed by atoms with Gasteiger partial charge in [-0.2, -0.15) is 0 Å². The maximum Gasteiger partial charge on any atom is 0.335 e. The number of carbonyl (C=O) groups is 2. The lowest BCUT2D eigenvalue weighted by molar-refractivity contribution is -0.154. The van der Waals surface area contributed by atoms with Crippen molar-refractivity contribution in [1.29, 1.82) is 0 Å². The summed E-state index contributed by atoms with van der Waals surface area (Å²) in [4.78, 5) is 25.0. The Kier molecular flexibility index (Phi) is 2.81. The molecule has 0 radical (unpaired) electrons. The molecule has 1 N–H and O–H groups in total. The molecule has 4 nitrogen and oxygen atoms in total. The van der Waals surface area contributed by atoms with E-state index in [9.17, 15) is 9.59 Å².